The summed E-state index contributed by atoms with van der Waals surface area (Å²) in [6.45, 7) is 4.81. The molecule has 4 N–H and O–H groups in total. The molecule has 0 atom stereocenters. The van der Waals surface area contributed by atoms with Crippen LogP contribution in [0.15, 0.2) is 42.7 Å². The SMILES string of the molecule is COc1ccc(CCNc2ncnc(Nc3cccc(C)c3C)c2N)cc1OC. The maximum Gasteiger partial charge on any atom is 0.160 e. The molecule has 0 saturated heterocycles. The Balaban J connectivity index is 1.68. The van der Waals surface area contributed by atoms with E-state index in [2.05, 4.69) is 40.5 Å². The van der Waals surface area contributed by atoms with Gasteiger partial charge in [0.15, 0.2) is 23.1 Å². The quantitative estimate of drug-likeness (QED) is 0.530. The van der Waals surface area contributed by atoms with Gasteiger partial charge in [-0.15, -0.1) is 0 Å². The summed E-state index contributed by atoms with van der Waals surface area (Å²) in [6, 6.07) is 12.0. The Morgan fingerprint density at radius 3 is 2.48 bits per heavy atom. The fraction of sp³-hybridized carbons (Fsp3) is 0.273. The standard InChI is InChI=1S/C22H27N5O2/c1-14-6-5-7-17(15(14)2)27-22-20(23)21(25-13-26-22)24-11-10-16-8-9-18(28-3)19(12-16)29-4/h5-9,12-13H,10-11,23H2,1-4H3,(H2,24,25,26,27). The lowest BCUT2D eigenvalue weighted by Gasteiger charge is -2.15. The van der Waals surface area contributed by atoms with Gasteiger partial charge in [0.05, 0.1) is 14.2 Å². The minimum absolute atomic E-state index is 0.487. The van der Waals surface area contributed by atoms with Crippen LogP contribution in [0.4, 0.5) is 23.0 Å². The van der Waals surface area contributed by atoms with Gasteiger partial charge in [0.1, 0.15) is 12.0 Å². The van der Waals surface area contributed by atoms with Crippen molar-refractivity contribution in [1.29, 1.82) is 0 Å². The number of nitrogens with one attached hydrogen (secondary N) is 2. The smallest absolute Gasteiger partial charge is 0.160 e. The number of hydrogen-bond acceptors (Lipinski definition) is 7. The zero-order valence-corrected chi connectivity index (χ0v) is 17.2. The van der Waals surface area contributed by atoms with Gasteiger partial charge < -0.3 is 25.8 Å². The van der Waals surface area contributed by atoms with Gasteiger partial charge in [-0.25, -0.2) is 9.97 Å². The molecule has 152 valence electrons. The van der Waals surface area contributed by atoms with Crippen LogP contribution in [0.25, 0.3) is 0 Å². The van der Waals surface area contributed by atoms with Crippen molar-refractivity contribution < 1.29 is 9.47 Å². The van der Waals surface area contributed by atoms with Crippen LogP contribution < -0.4 is 25.8 Å². The molecular weight excluding hydrogens is 366 g/mol. The average Bonchev–Trinajstić information content (AvgIpc) is 2.73. The molecule has 7 nitrogen and oxygen atoms in total. The summed E-state index contributed by atoms with van der Waals surface area (Å²) in [6.07, 6.45) is 2.28. The highest BCUT2D eigenvalue weighted by atomic mass is 16.5. The van der Waals surface area contributed by atoms with E-state index in [1.165, 1.54) is 11.9 Å². The predicted molar refractivity (Wildman–Crippen MR) is 117 cm³/mol. The maximum absolute atomic E-state index is 6.30. The molecule has 0 fully saturated rings. The number of nitrogens with zero attached hydrogens (tertiary/aromatic N) is 2. The van der Waals surface area contributed by atoms with Crippen molar-refractivity contribution in [3.63, 3.8) is 0 Å². The molecule has 3 rings (SSSR count). The first kappa shape index (κ1) is 20.3. The van der Waals surface area contributed by atoms with Crippen LogP contribution in [0.2, 0.25) is 0 Å². The normalized spacial score (nSPS) is 10.5. The lowest BCUT2D eigenvalue weighted by Crippen LogP contribution is -2.11. The summed E-state index contributed by atoms with van der Waals surface area (Å²) in [5, 5.41) is 6.60. The average molecular weight is 393 g/mol. The van der Waals surface area contributed by atoms with E-state index in [0.29, 0.717) is 35.4 Å². The lowest BCUT2D eigenvalue weighted by atomic mass is 10.1. The van der Waals surface area contributed by atoms with Crippen LogP contribution in [-0.2, 0) is 6.42 Å². The molecule has 0 unspecified atom stereocenters. The topological polar surface area (TPSA) is 94.3 Å². The molecule has 7 heteroatoms. The zero-order chi connectivity index (χ0) is 20.8. The van der Waals surface area contributed by atoms with Crippen LogP contribution in [0.5, 0.6) is 11.5 Å². The zero-order valence-electron chi connectivity index (χ0n) is 17.2. The Bertz CT molecular complexity index is 991. The number of rotatable bonds is 8. The van der Waals surface area contributed by atoms with Gasteiger partial charge in [0.2, 0.25) is 0 Å². The molecule has 0 aliphatic rings. The van der Waals surface area contributed by atoms with Crippen molar-refractivity contribution in [2.45, 2.75) is 20.3 Å². The molecule has 0 saturated carbocycles. The van der Waals surface area contributed by atoms with Crippen LogP contribution in [0.1, 0.15) is 16.7 Å². The number of anilines is 4. The van der Waals surface area contributed by atoms with Crippen molar-refractivity contribution >= 4 is 23.0 Å². The Morgan fingerprint density at radius 1 is 0.966 bits per heavy atom. The van der Waals surface area contributed by atoms with Crippen molar-refractivity contribution in [2.24, 2.45) is 0 Å². The summed E-state index contributed by atoms with van der Waals surface area (Å²) in [7, 11) is 3.26. The number of aryl methyl sites for hydroxylation is 1. The number of nitrogens with two attached hydrogens (primary N) is 1. The monoisotopic (exact) mass is 393 g/mol. The first-order chi connectivity index (χ1) is 14.0. The molecule has 0 amide bonds. The molecule has 3 aromatic rings. The maximum atomic E-state index is 6.30. The fourth-order valence-corrected chi connectivity index (χ4v) is 3.01. The molecule has 2 aromatic carbocycles. The van der Waals surface area contributed by atoms with E-state index in [4.69, 9.17) is 15.2 Å². The highest BCUT2D eigenvalue weighted by Gasteiger charge is 2.10. The van der Waals surface area contributed by atoms with Gasteiger partial charge in [-0.3, -0.25) is 0 Å². The van der Waals surface area contributed by atoms with Gasteiger partial charge in [-0.1, -0.05) is 18.2 Å². The van der Waals surface area contributed by atoms with Crippen LogP contribution >= 0.6 is 0 Å². The van der Waals surface area contributed by atoms with Gasteiger partial charge in [0.25, 0.3) is 0 Å². The molecule has 0 aliphatic carbocycles. The molecule has 1 aromatic heterocycles. The van der Waals surface area contributed by atoms with E-state index in [0.717, 1.165) is 23.2 Å². The minimum Gasteiger partial charge on any atom is -0.493 e. The summed E-state index contributed by atoms with van der Waals surface area (Å²) in [4.78, 5) is 8.58. The second-order valence-electron chi connectivity index (χ2n) is 6.72. The van der Waals surface area contributed by atoms with E-state index in [1.807, 2.05) is 30.3 Å². The molecule has 0 radical (unpaired) electrons. The van der Waals surface area contributed by atoms with Gasteiger partial charge >= 0.3 is 0 Å². The largest absolute Gasteiger partial charge is 0.493 e. The van der Waals surface area contributed by atoms with Gasteiger partial charge in [0, 0.05) is 12.2 Å². The van der Waals surface area contributed by atoms with Crippen molar-refractivity contribution in [1.82, 2.24) is 9.97 Å². The van der Waals surface area contributed by atoms with Crippen molar-refractivity contribution in [3.05, 3.63) is 59.4 Å². The number of nitrogen functional groups attached to an aromatic ring is 1. The van der Waals surface area contributed by atoms with Gasteiger partial charge in [-0.05, 0) is 55.2 Å². The molecule has 0 bridgehead atoms. The fourth-order valence-electron chi connectivity index (χ4n) is 3.01. The van der Waals surface area contributed by atoms with E-state index in [9.17, 15) is 0 Å². The highest BCUT2D eigenvalue weighted by molar-refractivity contribution is 5.78. The number of aromatic nitrogens is 2. The molecule has 29 heavy (non-hydrogen) atoms. The first-order valence-electron chi connectivity index (χ1n) is 9.42. The summed E-state index contributed by atoms with van der Waals surface area (Å²) >= 11 is 0. The number of hydrogen-bond donors (Lipinski definition) is 3. The third kappa shape index (κ3) is 4.68. The molecular formula is C22H27N5O2. The molecule has 0 aliphatic heterocycles. The minimum atomic E-state index is 0.487. The van der Waals surface area contributed by atoms with Crippen LogP contribution in [0.3, 0.4) is 0 Å². The Kier molecular flexibility index (Phi) is 6.39. The van der Waals surface area contributed by atoms with E-state index in [1.54, 1.807) is 14.2 Å². The van der Waals surface area contributed by atoms with E-state index < -0.39 is 0 Å². The van der Waals surface area contributed by atoms with E-state index >= 15 is 0 Å². The van der Waals surface area contributed by atoms with Gasteiger partial charge in [-0.2, -0.15) is 0 Å². The lowest BCUT2D eigenvalue weighted by molar-refractivity contribution is 0.354. The summed E-state index contributed by atoms with van der Waals surface area (Å²) < 4.78 is 10.6. The third-order valence-corrected chi connectivity index (χ3v) is 4.90. The highest BCUT2D eigenvalue weighted by Crippen LogP contribution is 2.29. The summed E-state index contributed by atoms with van der Waals surface area (Å²) in [5.74, 6) is 2.62. The van der Waals surface area contributed by atoms with E-state index in [-0.39, 0.29) is 0 Å². The third-order valence-electron chi connectivity index (χ3n) is 4.90. The van der Waals surface area contributed by atoms with Crippen LogP contribution in [-0.4, -0.2) is 30.7 Å². The number of benzene rings is 2. The number of methoxy groups -OCH3 is 2. The second-order valence-corrected chi connectivity index (χ2v) is 6.72. The number of ether oxygens (including phenoxy) is 2. The second kappa shape index (κ2) is 9.14. The Morgan fingerprint density at radius 2 is 1.72 bits per heavy atom. The van der Waals surface area contributed by atoms with Crippen molar-refractivity contribution in [3.8, 4) is 11.5 Å². The first-order valence-corrected chi connectivity index (χ1v) is 9.42. The predicted octanol–water partition coefficient (Wildman–Crippen LogP) is 4.09. The Hall–Kier alpha value is -3.48. The Labute approximate surface area is 171 Å². The van der Waals surface area contributed by atoms with Crippen LogP contribution in [0, 0.1) is 13.8 Å². The molecule has 0 spiro atoms. The summed E-state index contributed by atoms with van der Waals surface area (Å²) in [5.41, 5.74) is 11.2. The molecule has 1 heterocycles. The van der Waals surface area contributed by atoms with Crippen molar-refractivity contribution in [2.75, 3.05) is 37.1 Å².